The van der Waals surface area contributed by atoms with Crippen LogP contribution in [0.1, 0.15) is 35.1 Å². The summed E-state index contributed by atoms with van der Waals surface area (Å²) in [6, 6.07) is 5.81. The maximum atomic E-state index is 12.9. The highest BCUT2D eigenvalue weighted by Crippen LogP contribution is 2.25. The first-order valence-corrected chi connectivity index (χ1v) is 10.7. The van der Waals surface area contributed by atoms with E-state index in [-0.39, 0.29) is 5.78 Å². The summed E-state index contributed by atoms with van der Waals surface area (Å²) in [5.41, 5.74) is 3.79. The molecule has 29 heavy (non-hydrogen) atoms. The zero-order chi connectivity index (χ0) is 20.8. The molecule has 0 atom stereocenters. The van der Waals surface area contributed by atoms with Crippen LogP contribution >= 0.6 is 11.8 Å². The minimum atomic E-state index is 0.100. The highest BCUT2D eigenvalue weighted by molar-refractivity contribution is 7.99. The number of hydrogen-bond donors (Lipinski definition) is 0. The molecule has 3 aromatic heterocycles. The van der Waals surface area contributed by atoms with E-state index in [4.69, 9.17) is 4.74 Å². The van der Waals surface area contributed by atoms with Crippen LogP contribution in [0.5, 0.6) is 0 Å². The van der Waals surface area contributed by atoms with Crippen LogP contribution in [0.2, 0.25) is 0 Å². The fraction of sp³-hybridized carbons (Fsp3) is 0.429. The molecule has 0 amide bonds. The largest absolute Gasteiger partial charge is 0.383 e. The monoisotopic (exact) mass is 413 g/mol. The van der Waals surface area contributed by atoms with Gasteiger partial charge in [0, 0.05) is 55.1 Å². The van der Waals surface area contributed by atoms with Crippen molar-refractivity contribution >= 4 is 17.5 Å². The second kappa shape index (κ2) is 9.84. The first-order chi connectivity index (χ1) is 14.1. The lowest BCUT2D eigenvalue weighted by Crippen LogP contribution is -2.10. The van der Waals surface area contributed by atoms with Crippen molar-refractivity contribution < 1.29 is 9.53 Å². The Hall–Kier alpha value is -2.45. The number of hydrogen-bond acceptors (Lipinski definition) is 6. The van der Waals surface area contributed by atoms with E-state index in [1.54, 1.807) is 19.5 Å². The normalized spacial score (nSPS) is 11.2. The van der Waals surface area contributed by atoms with Gasteiger partial charge in [-0.1, -0.05) is 18.7 Å². The fourth-order valence-electron chi connectivity index (χ4n) is 3.35. The molecule has 8 heteroatoms. The van der Waals surface area contributed by atoms with Gasteiger partial charge in [0.25, 0.3) is 0 Å². The Morgan fingerprint density at radius 2 is 1.90 bits per heavy atom. The number of Topliss-reactive ketones (excluding diaryl/α,β-unsaturated/α-hetero) is 1. The van der Waals surface area contributed by atoms with E-state index in [0.29, 0.717) is 12.4 Å². The number of aryl methyl sites for hydroxylation is 1. The molecule has 0 aliphatic heterocycles. The maximum absolute atomic E-state index is 12.9. The molecule has 0 N–H and O–H groups in total. The third kappa shape index (κ3) is 4.76. The summed E-state index contributed by atoms with van der Waals surface area (Å²) < 4.78 is 9.38. The number of ketones is 1. The zero-order valence-electron chi connectivity index (χ0n) is 17.4. The number of rotatable bonds is 10. The second-order valence-electron chi connectivity index (χ2n) is 6.83. The van der Waals surface area contributed by atoms with Crippen molar-refractivity contribution in [1.29, 1.82) is 0 Å². The van der Waals surface area contributed by atoms with Crippen LogP contribution in [-0.4, -0.2) is 49.6 Å². The number of carbonyl (C=O) groups excluding carboxylic acids is 1. The van der Waals surface area contributed by atoms with E-state index in [0.717, 1.165) is 53.0 Å². The predicted octanol–water partition coefficient (Wildman–Crippen LogP) is 3.79. The van der Waals surface area contributed by atoms with Crippen LogP contribution in [-0.2, 0) is 17.8 Å². The third-order valence-electron chi connectivity index (χ3n) is 4.83. The van der Waals surface area contributed by atoms with Crippen molar-refractivity contribution in [2.45, 2.75) is 45.4 Å². The minimum absolute atomic E-state index is 0.100. The summed E-state index contributed by atoms with van der Waals surface area (Å²) in [5, 5.41) is 9.47. The summed E-state index contributed by atoms with van der Waals surface area (Å²) in [7, 11) is 1.68. The Bertz CT molecular complexity index is 965. The van der Waals surface area contributed by atoms with Gasteiger partial charge in [0.15, 0.2) is 16.8 Å². The summed E-state index contributed by atoms with van der Waals surface area (Å²) >= 11 is 1.44. The van der Waals surface area contributed by atoms with Gasteiger partial charge in [-0.2, -0.15) is 0 Å². The number of aromatic nitrogens is 5. The Morgan fingerprint density at radius 1 is 1.14 bits per heavy atom. The molecule has 0 aromatic carbocycles. The van der Waals surface area contributed by atoms with Gasteiger partial charge in [-0.3, -0.25) is 9.78 Å². The average Bonchev–Trinajstić information content (AvgIpc) is 3.26. The van der Waals surface area contributed by atoms with Crippen LogP contribution in [0.3, 0.4) is 0 Å². The second-order valence-corrected chi connectivity index (χ2v) is 7.78. The van der Waals surface area contributed by atoms with Crippen molar-refractivity contribution in [2.24, 2.45) is 0 Å². The number of thioether (sulfide) groups is 1. The summed E-state index contributed by atoms with van der Waals surface area (Å²) in [6.07, 6.45) is 4.45. The Kier molecular flexibility index (Phi) is 7.22. The van der Waals surface area contributed by atoms with E-state index in [2.05, 4.69) is 31.2 Å². The molecule has 0 aliphatic carbocycles. The molecule has 3 heterocycles. The van der Waals surface area contributed by atoms with Crippen molar-refractivity contribution in [2.75, 3.05) is 19.5 Å². The molecule has 0 radical (unpaired) electrons. The smallest absolute Gasteiger partial charge is 0.191 e. The van der Waals surface area contributed by atoms with Crippen molar-refractivity contribution in [1.82, 2.24) is 24.3 Å². The highest BCUT2D eigenvalue weighted by Gasteiger charge is 2.19. The predicted molar refractivity (Wildman–Crippen MR) is 114 cm³/mol. The van der Waals surface area contributed by atoms with Gasteiger partial charge in [0.1, 0.15) is 0 Å². The third-order valence-corrected chi connectivity index (χ3v) is 5.79. The van der Waals surface area contributed by atoms with Crippen molar-refractivity contribution in [3.63, 3.8) is 0 Å². The van der Waals surface area contributed by atoms with Crippen LogP contribution in [0.25, 0.3) is 11.4 Å². The number of nitrogens with zero attached hydrogens (tertiary/aromatic N) is 5. The molecule has 0 saturated carbocycles. The van der Waals surface area contributed by atoms with Crippen LogP contribution in [0.15, 0.2) is 35.7 Å². The Morgan fingerprint density at radius 3 is 2.59 bits per heavy atom. The van der Waals surface area contributed by atoms with E-state index in [1.165, 1.54) is 11.8 Å². The summed E-state index contributed by atoms with van der Waals surface area (Å²) in [6.45, 7) is 8.29. The van der Waals surface area contributed by atoms with E-state index in [9.17, 15) is 4.79 Å². The van der Waals surface area contributed by atoms with Gasteiger partial charge in [-0.05, 0) is 38.5 Å². The SMILES string of the molecule is CCCn1c(SCC(=O)c2cc(C)n(CCOC)c2C)nnc1-c1ccncc1. The van der Waals surface area contributed by atoms with Crippen molar-refractivity contribution in [3.05, 3.63) is 47.5 Å². The van der Waals surface area contributed by atoms with E-state index < -0.39 is 0 Å². The lowest BCUT2D eigenvalue weighted by atomic mass is 10.2. The van der Waals surface area contributed by atoms with Crippen molar-refractivity contribution in [3.8, 4) is 11.4 Å². The van der Waals surface area contributed by atoms with Gasteiger partial charge in [-0.15, -0.1) is 10.2 Å². The van der Waals surface area contributed by atoms with Gasteiger partial charge in [0.05, 0.1) is 12.4 Å². The Balaban J connectivity index is 1.76. The molecule has 0 saturated heterocycles. The van der Waals surface area contributed by atoms with Crippen LogP contribution < -0.4 is 0 Å². The van der Waals surface area contributed by atoms with Crippen LogP contribution in [0, 0.1) is 13.8 Å². The highest BCUT2D eigenvalue weighted by atomic mass is 32.2. The molecule has 0 unspecified atom stereocenters. The lowest BCUT2D eigenvalue weighted by Gasteiger charge is -2.09. The lowest BCUT2D eigenvalue weighted by molar-refractivity contribution is 0.102. The number of ether oxygens (including phenoxy) is 1. The molecule has 154 valence electrons. The molecule has 3 rings (SSSR count). The number of carbonyl (C=O) groups is 1. The topological polar surface area (TPSA) is 74.8 Å². The van der Waals surface area contributed by atoms with Gasteiger partial charge < -0.3 is 13.9 Å². The molecule has 0 aliphatic rings. The molecular formula is C21H27N5O2S. The van der Waals surface area contributed by atoms with Gasteiger partial charge >= 0.3 is 0 Å². The van der Waals surface area contributed by atoms with Gasteiger partial charge in [0.2, 0.25) is 0 Å². The minimum Gasteiger partial charge on any atom is -0.383 e. The molecule has 0 fully saturated rings. The molecular weight excluding hydrogens is 386 g/mol. The van der Waals surface area contributed by atoms with Gasteiger partial charge in [-0.25, -0.2) is 0 Å². The quantitative estimate of drug-likeness (QED) is 0.372. The first kappa shape index (κ1) is 21.3. The number of pyridine rings is 1. The van der Waals surface area contributed by atoms with E-state index >= 15 is 0 Å². The molecule has 3 aromatic rings. The summed E-state index contributed by atoms with van der Waals surface area (Å²) in [5.74, 6) is 1.23. The number of methoxy groups -OCH3 is 1. The Labute approximate surface area is 175 Å². The standard InChI is InChI=1S/C21H27N5O2S/c1-5-10-26-20(17-6-8-22-9-7-17)23-24-21(26)29-14-19(27)18-13-15(2)25(16(18)3)11-12-28-4/h6-9,13H,5,10-12,14H2,1-4H3. The summed E-state index contributed by atoms with van der Waals surface area (Å²) in [4.78, 5) is 17.0. The first-order valence-electron chi connectivity index (χ1n) is 9.72. The molecule has 7 nitrogen and oxygen atoms in total. The molecule has 0 bridgehead atoms. The average molecular weight is 414 g/mol. The maximum Gasteiger partial charge on any atom is 0.191 e. The van der Waals surface area contributed by atoms with E-state index in [1.807, 2.05) is 32.0 Å². The van der Waals surface area contributed by atoms with Crippen LogP contribution in [0.4, 0.5) is 0 Å². The zero-order valence-corrected chi connectivity index (χ0v) is 18.2. The molecule has 0 spiro atoms. The fourth-order valence-corrected chi connectivity index (χ4v) is 4.20.